The highest BCUT2D eigenvalue weighted by molar-refractivity contribution is 5.91. The number of anilines is 1. The van der Waals surface area contributed by atoms with Gasteiger partial charge in [-0.2, -0.15) is 0 Å². The van der Waals surface area contributed by atoms with Crippen LogP contribution in [0.2, 0.25) is 0 Å². The number of hydrogen-bond acceptors (Lipinski definition) is 3. The van der Waals surface area contributed by atoms with E-state index >= 15 is 0 Å². The summed E-state index contributed by atoms with van der Waals surface area (Å²) in [5.74, 6) is 0.611. The molecule has 114 valence electrons. The molecular formula is C17H24N2O2. The van der Waals surface area contributed by atoms with Crippen LogP contribution in [0, 0.1) is 5.92 Å². The number of rotatable bonds is 5. The lowest BCUT2D eigenvalue weighted by molar-refractivity contribution is -0.119. The molecule has 1 aliphatic heterocycles. The number of carbonyl (C=O) groups excluding carboxylic acids is 1. The summed E-state index contributed by atoms with van der Waals surface area (Å²) in [6.45, 7) is 4.73. The second-order valence-electron chi connectivity index (χ2n) is 6.08. The molecule has 1 fully saturated rings. The molecule has 0 spiro atoms. The van der Waals surface area contributed by atoms with Crippen molar-refractivity contribution >= 4 is 11.6 Å². The SMILES string of the molecule is CCOC1CC(CC(=O)Nc2ccc3c(c2)CNCC3)C1. The molecule has 0 saturated heterocycles. The standard InChI is InChI=1S/C17H24N2O2/c1-2-21-16-7-12(8-16)9-17(20)19-15-4-3-13-5-6-18-11-14(13)10-15/h3-4,10,12,16,18H,2,5-9,11H2,1H3,(H,19,20). The van der Waals surface area contributed by atoms with Gasteiger partial charge in [0.25, 0.3) is 0 Å². The summed E-state index contributed by atoms with van der Waals surface area (Å²) in [4.78, 5) is 12.1. The highest BCUT2D eigenvalue weighted by Crippen LogP contribution is 2.33. The van der Waals surface area contributed by atoms with Gasteiger partial charge < -0.3 is 15.4 Å². The van der Waals surface area contributed by atoms with Crippen LogP contribution in [0.3, 0.4) is 0 Å². The average Bonchev–Trinajstić information content (AvgIpc) is 2.45. The van der Waals surface area contributed by atoms with Gasteiger partial charge in [-0.1, -0.05) is 6.07 Å². The van der Waals surface area contributed by atoms with Gasteiger partial charge >= 0.3 is 0 Å². The Morgan fingerprint density at radius 1 is 1.38 bits per heavy atom. The molecular weight excluding hydrogens is 264 g/mol. The Balaban J connectivity index is 1.49. The molecule has 1 amide bonds. The van der Waals surface area contributed by atoms with Crippen molar-refractivity contribution in [3.05, 3.63) is 29.3 Å². The number of fused-ring (bicyclic) bond motifs is 1. The maximum atomic E-state index is 12.1. The number of benzene rings is 1. The third-order valence-corrected chi connectivity index (χ3v) is 4.45. The normalized spacial score (nSPS) is 24.0. The first kappa shape index (κ1) is 14.5. The van der Waals surface area contributed by atoms with E-state index in [1.165, 1.54) is 11.1 Å². The molecule has 0 radical (unpaired) electrons. The molecule has 4 heteroatoms. The Hall–Kier alpha value is -1.39. The minimum atomic E-state index is 0.124. The molecule has 2 aliphatic rings. The van der Waals surface area contributed by atoms with Crippen LogP contribution in [-0.2, 0) is 22.5 Å². The van der Waals surface area contributed by atoms with Crippen molar-refractivity contribution in [1.29, 1.82) is 0 Å². The predicted molar refractivity (Wildman–Crippen MR) is 83.2 cm³/mol. The van der Waals surface area contributed by atoms with Crippen LogP contribution in [0.25, 0.3) is 0 Å². The number of carbonyl (C=O) groups is 1. The Bertz CT molecular complexity index is 510. The lowest BCUT2D eigenvalue weighted by Gasteiger charge is -2.34. The Labute approximate surface area is 126 Å². The number of amides is 1. The lowest BCUT2D eigenvalue weighted by atomic mass is 9.80. The Morgan fingerprint density at radius 2 is 2.24 bits per heavy atom. The van der Waals surface area contributed by atoms with E-state index in [4.69, 9.17) is 4.74 Å². The smallest absolute Gasteiger partial charge is 0.224 e. The van der Waals surface area contributed by atoms with E-state index in [0.29, 0.717) is 18.4 Å². The number of ether oxygens (including phenoxy) is 1. The van der Waals surface area contributed by atoms with Crippen molar-refractivity contribution in [3.63, 3.8) is 0 Å². The minimum absolute atomic E-state index is 0.124. The van der Waals surface area contributed by atoms with Crippen LogP contribution >= 0.6 is 0 Å². The van der Waals surface area contributed by atoms with E-state index < -0.39 is 0 Å². The maximum absolute atomic E-state index is 12.1. The molecule has 1 aromatic carbocycles. The predicted octanol–water partition coefficient (Wildman–Crippen LogP) is 2.48. The molecule has 1 aromatic rings. The van der Waals surface area contributed by atoms with Gasteiger partial charge in [0, 0.05) is 25.3 Å². The van der Waals surface area contributed by atoms with Crippen molar-refractivity contribution < 1.29 is 9.53 Å². The van der Waals surface area contributed by atoms with Crippen molar-refractivity contribution in [2.24, 2.45) is 5.92 Å². The fraction of sp³-hybridized carbons (Fsp3) is 0.588. The van der Waals surface area contributed by atoms with Gasteiger partial charge in [0.05, 0.1) is 6.10 Å². The van der Waals surface area contributed by atoms with Crippen LogP contribution in [0.5, 0.6) is 0 Å². The van der Waals surface area contributed by atoms with Crippen molar-refractivity contribution in [2.75, 3.05) is 18.5 Å². The third kappa shape index (κ3) is 3.63. The molecule has 1 aliphatic carbocycles. The van der Waals surface area contributed by atoms with Crippen LogP contribution in [0.15, 0.2) is 18.2 Å². The fourth-order valence-corrected chi connectivity index (χ4v) is 3.25. The molecule has 4 nitrogen and oxygen atoms in total. The number of nitrogens with one attached hydrogen (secondary N) is 2. The van der Waals surface area contributed by atoms with Gasteiger partial charge in [-0.3, -0.25) is 4.79 Å². The van der Waals surface area contributed by atoms with Gasteiger partial charge in [-0.15, -0.1) is 0 Å². The molecule has 2 N–H and O–H groups in total. The summed E-state index contributed by atoms with van der Waals surface area (Å²) in [5.41, 5.74) is 3.62. The minimum Gasteiger partial charge on any atom is -0.378 e. The van der Waals surface area contributed by atoms with E-state index in [9.17, 15) is 4.79 Å². The van der Waals surface area contributed by atoms with Crippen LogP contribution < -0.4 is 10.6 Å². The van der Waals surface area contributed by atoms with E-state index in [1.54, 1.807) is 0 Å². The topological polar surface area (TPSA) is 50.4 Å². The van der Waals surface area contributed by atoms with E-state index in [0.717, 1.165) is 44.6 Å². The number of hydrogen-bond donors (Lipinski definition) is 2. The first-order valence-electron chi connectivity index (χ1n) is 7.98. The van der Waals surface area contributed by atoms with E-state index in [-0.39, 0.29) is 5.91 Å². The third-order valence-electron chi connectivity index (χ3n) is 4.45. The average molecular weight is 288 g/mol. The van der Waals surface area contributed by atoms with Gasteiger partial charge in [0.1, 0.15) is 0 Å². The van der Waals surface area contributed by atoms with Crippen molar-refractivity contribution in [2.45, 2.75) is 45.3 Å². The zero-order valence-electron chi connectivity index (χ0n) is 12.7. The first-order valence-corrected chi connectivity index (χ1v) is 7.98. The zero-order chi connectivity index (χ0) is 14.7. The second-order valence-corrected chi connectivity index (χ2v) is 6.08. The summed E-state index contributed by atoms with van der Waals surface area (Å²) >= 11 is 0. The molecule has 0 atom stereocenters. The van der Waals surface area contributed by atoms with Gasteiger partial charge in [-0.05, 0) is 61.9 Å². The van der Waals surface area contributed by atoms with Gasteiger partial charge in [0.15, 0.2) is 0 Å². The quantitative estimate of drug-likeness (QED) is 0.875. The van der Waals surface area contributed by atoms with E-state index in [2.05, 4.69) is 22.8 Å². The van der Waals surface area contributed by atoms with Crippen molar-refractivity contribution in [3.8, 4) is 0 Å². The second kappa shape index (κ2) is 6.58. The summed E-state index contributed by atoms with van der Waals surface area (Å²) in [6.07, 6.45) is 4.11. The van der Waals surface area contributed by atoms with Crippen LogP contribution in [0.1, 0.15) is 37.3 Å². The largest absolute Gasteiger partial charge is 0.378 e. The van der Waals surface area contributed by atoms with Crippen LogP contribution in [0.4, 0.5) is 5.69 Å². The molecule has 1 saturated carbocycles. The fourth-order valence-electron chi connectivity index (χ4n) is 3.25. The molecule has 21 heavy (non-hydrogen) atoms. The molecule has 0 unspecified atom stereocenters. The van der Waals surface area contributed by atoms with Gasteiger partial charge in [0.2, 0.25) is 5.91 Å². The molecule has 0 aromatic heterocycles. The summed E-state index contributed by atoms with van der Waals surface area (Å²) in [6, 6.07) is 6.26. The molecule has 1 heterocycles. The summed E-state index contributed by atoms with van der Waals surface area (Å²) in [7, 11) is 0. The highest BCUT2D eigenvalue weighted by Gasteiger charge is 2.31. The molecule has 3 rings (SSSR count). The van der Waals surface area contributed by atoms with Crippen LogP contribution in [-0.4, -0.2) is 25.2 Å². The lowest BCUT2D eigenvalue weighted by Crippen LogP contribution is -2.33. The van der Waals surface area contributed by atoms with Gasteiger partial charge in [-0.25, -0.2) is 0 Å². The van der Waals surface area contributed by atoms with Crippen molar-refractivity contribution in [1.82, 2.24) is 5.32 Å². The Kier molecular flexibility index (Phi) is 4.56. The summed E-state index contributed by atoms with van der Waals surface area (Å²) < 4.78 is 5.53. The maximum Gasteiger partial charge on any atom is 0.224 e. The Morgan fingerprint density at radius 3 is 3.05 bits per heavy atom. The monoisotopic (exact) mass is 288 g/mol. The molecule has 0 bridgehead atoms. The first-order chi connectivity index (χ1) is 10.2. The zero-order valence-corrected chi connectivity index (χ0v) is 12.7. The highest BCUT2D eigenvalue weighted by atomic mass is 16.5. The summed E-state index contributed by atoms with van der Waals surface area (Å²) in [5, 5.41) is 6.39. The van der Waals surface area contributed by atoms with E-state index in [1.807, 2.05) is 13.0 Å².